The van der Waals surface area contributed by atoms with Crippen LogP contribution in [0.25, 0.3) is 0 Å². The molecule has 0 heterocycles. The van der Waals surface area contributed by atoms with Crippen molar-refractivity contribution in [3.05, 3.63) is 23.8 Å². The fourth-order valence-electron chi connectivity index (χ4n) is 1.48. The van der Waals surface area contributed by atoms with Gasteiger partial charge in [0.1, 0.15) is 17.4 Å². The number of benzene rings is 1. The van der Waals surface area contributed by atoms with Crippen LogP contribution < -0.4 is 10.1 Å². The summed E-state index contributed by atoms with van der Waals surface area (Å²) in [5.41, 5.74) is -0.154. The van der Waals surface area contributed by atoms with Crippen molar-refractivity contribution >= 4 is 11.6 Å². The van der Waals surface area contributed by atoms with Gasteiger partial charge in [-0.15, -0.1) is 0 Å². The standard InChI is InChI=1S/C16H22N2O3/c1-6-11(2)21-13-7-8-14(12(9-13)10-17)18-15(19)16(3,4)20-5/h7-9,11H,6H2,1-5H3,(H,18,19)/t11-/m1/s1. The predicted octanol–water partition coefficient (Wildman–Crippen LogP) is 3.10. The molecule has 0 radical (unpaired) electrons. The summed E-state index contributed by atoms with van der Waals surface area (Å²) in [6, 6.07) is 7.10. The van der Waals surface area contributed by atoms with Crippen molar-refractivity contribution < 1.29 is 14.3 Å². The Morgan fingerprint density at radius 1 is 1.48 bits per heavy atom. The van der Waals surface area contributed by atoms with Crippen molar-refractivity contribution in [3.8, 4) is 11.8 Å². The highest BCUT2D eigenvalue weighted by Gasteiger charge is 2.27. The number of carbonyl (C=O) groups excluding carboxylic acids is 1. The average molecular weight is 290 g/mol. The van der Waals surface area contributed by atoms with Crippen molar-refractivity contribution in [1.82, 2.24) is 0 Å². The van der Waals surface area contributed by atoms with E-state index in [1.54, 1.807) is 32.0 Å². The van der Waals surface area contributed by atoms with Crippen LogP contribution in [0.4, 0.5) is 5.69 Å². The molecule has 21 heavy (non-hydrogen) atoms. The van der Waals surface area contributed by atoms with E-state index < -0.39 is 5.60 Å². The Morgan fingerprint density at radius 3 is 2.67 bits per heavy atom. The van der Waals surface area contributed by atoms with E-state index in [1.807, 2.05) is 13.8 Å². The minimum atomic E-state index is -0.960. The van der Waals surface area contributed by atoms with E-state index in [0.717, 1.165) is 6.42 Å². The molecule has 5 nitrogen and oxygen atoms in total. The number of nitrogens with one attached hydrogen (secondary N) is 1. The van der Waals surface area contributed by atoms with Gasteiger partial charge in [-0.2, -0.15) is 5.26 Å². The fourth-order valence-corrected chi connectivity index (χ4v) is 1.48. The Labute approximate surface area is 125 Å². The van der Waals surface area contributed by atoms with Crippen LogP contribution in [-0.4, -0.2) is 24.7 Å². The summed E-state index contributed by atoms with van der Waals surface area (Å²) in [6.45, 7) is 7.31. The van der Waals surface area contributed by atoms with E-state index in [0.29, 0.717) is 17.0 Å². The van der Waals surface area contributed by atoms with E-state index in [2.05, 4.69) is 11.4 Å². The quantitative estimate of drug-likeness (QED) is 0.874. The molecule has 1 atom stereocenters. The topological polar surface area (TPSA) is 71.3 Å². The molecule has 0 aliphatic heterocycles. The summed E-state index contributed by atoms with van der Waals surface area (Å²) in [4.78, 5) is 12.1. The van der Waals surface area contributed by atoms with E-state index in [1.165, 1.54) is 7.11 Å². The minimum absolute atomic E-state index is 0.0735. The maximum absolute atomic E-state index is 12.1. The predicted molar refractivity (Wildman–Crippen MR) is 81.3 cm³/mol. The number of hydrogen-bond acceptors (Lipinski definition) is 4. The maximum Gasteiger partial charge on any atom is 0.256 e. The van der Waals surface area contributed by atoms with Gasteiger partial charge in [-0.3, -0.25) is 4.79 Å². The first-order valence-corrected chi connectivity index (χ1v) is 6.91. The molecule has 0 aliphatic rings. The summed E-state index contributed by atoms with van der Waals surface area (Å²) >= 11 is 0. The van der Waals surface area contributed by atoms with Crippen LogP contribution in [0.2, 0.25) is 0 Å². The second-order valence-electron chi connectivity index (χ2n) is 5.32. The molecule has 1 amide bonds. The molecular weight excluding hydrogens is 268 g/mol. The normalized spacial score (nSPS) is 12.4. The molecular formula is C16H22N2O3. The lowest BCUT2D eigenvalue weighted by Gasteiger charge is -2.22. The number of rotatable bonds is 6. The Morgan fingerprint density at radius 2 is 2.14 bits per heavy atom. The molecule has 0 aromatic heterocycles. The molecule has 0 aliphatic carbocycles. The first kappa shape index (κ1) is 17.0. The summed E-state index contributed by atoms with van der Waals surface area (Å²) in [7, 11) is 1.47. The van der Waals surface area contributed by atoms with Gasteiger partial charge in [-0.25, -0.2) is 0 Å². The lowest BCUT2D eigenvalue weighted by Crippen LogP contribution is -2.39. The van der Waals surface area contributed by atoms with Crippen LogP contribution in [0.15, 0.2) is 18.2 Å². The fraction of sp³-hybridized carbons (Fsp3) is 0.500. The van der Waals surface area contributed by atoms with Crippen LogP contribution in [0.1, 0.15) is 39.7 Å². The second-order valence-corrected chi connectivity index (χ2v) is 5.32. The van der Waals surface area contributed by atoms with Crippen molar-refractivity contribution in [1.29, 1.82) is 5.26 Å². The summed E-state index contributed by atoms with van der Waals surface area (Å²) in [6.07, 6.45) is 0.951. The largest absolute Gasteiger partial charge is 0.491 e. The zero-order chi connectivity index (χ0) is 16.0. The van der Waals surface area contributed by atoms with Crippen LogP contribution in [-0.2, 0) is 9.53 Å². The molecule has 1 N–H and O–H groups in total. The van der Waals surface area contributed by atoms with E-state index in [4.69, 9.17) is 9.47 Å². The van der Waals surface area contributed by atoms with Gasteiger partial charge in [0.05, 0.1) is 17.4 Å². The van der Waals surface area contributed by atoms with Crippen LogP contribution in [0.3, 0.4) is 0 Å². The highest BCUT2D eigenvalue weighted by atomic mass is 16.5. The van der Waals surface area contributed by atoms with Crippen molar-refractivity contribution in [3.63, 3.8) is 0 Å². The van der Waals surface area contributed by atoms with Crippen molar-refractivity contribution in [2.75, 3.05) is 12.4 Å². The average Bonchev–Trinajstić information content (AvgIpc) is 2.48. The van der Waals surface area contributed by atoms with E-state index in [9.17, 15) is 10.1 Å². The first-order valence-electron chi connectivity index (χ1n) is 6.91. The molecule has 1 aromatic rings. The van der Waals surface area contributed by atoms with Crippen LogP contribution in [0, 0.1) is 11.3 Å². The zero-order valence-corrected chi connectivity index (χ0v) is 13.2. The zero-order valence-electron chi connectivity index (χ0n) is 13.2. The Balaban J connectivity index is 2.95. The molecule has 0 saturated carbocycles. The third-order valence-corrected chi connectivity index (χ3v) is 3.33. The van der Waals surface area contributed by atoms with Gasteiger partial charge in [-0.1, -0.05) is 6.92 Å². The second kappa shape index (κ2) is 7.09. The highest BCUT2D eigenvalue weighted by Crippen LogP contribution is 2.24. The molecule has 0 spiro atoms. The molecule has 1 aromatic carbocycles. The summed E-state index contributed by atoms with van der Waals surface area (Å²) in [5, 5.41) is 11.9. The van der Waals surface area contributed by atoms with Gasteiger partial charge in [-0.05, 0) is 39.3 Å². The maximum atomic E-state index is 12.1. The van der Waals surface area contributed by atoms with E-state index >= 15 is 0 Å². The third-order valence-electron chi connectivity index (χ3n) is 3.33. The number of hydrogen-bond donors (Lipinski definition) is 1. The van der Waals surface area contributed by atoms with Crippen molar-refractivity contribution in [2.24, 2.45) is 0 Å². The number of nitrogens with zero attached hydrogens (tertiary/aromatic N) is 1. The minimum Gasteiger partial charge on any atom is -0.491 e. The molecule has 0 saturated heterocycles. The summed E-state index contributed by atoms with van der Waals surface area (Å²) < 4.78 is 10.8. The molecule has 5 heteroatoms. The van der Waals surface area contributed by atoms with Gasteiger partial charge in [0, 0.05) is 13.2 Å². The summed E-state index contributed by atoms with van der Waals surface area (Å²) in [5.74, 6) is 0.307. The molecule has 1 rings (SSSR count). The van der Waals surface area contributed by atoms with Gasteiger partial charge >= 0.3 is 0 Å². The number of methoxy groups -OCH3 is 1. The van der Waals surface area contributed by atoms with Crippen molar-refractivity contribution in [2.45, 2.75) is 45.8 Å². The lowest BCUT2D eigenvalue weighted by atomic mass is 10.1. The van der Waals surface area contributed by atoms with Gasteiger partial charge < -0.3 is 14.8 Å². The van der Waals surface area contributed by atoms with E-state index in [-0.39, 0.29) is 12.0 Å². The van der Waals surface area contributed by atoms with Crippen LogP contribution in [0.5, 0.6) is 5.75 Å². The number of nitriles is 1. The SMILES string of the molecule is CC[C@@H](C)Oc1ccc(NC(=O)C(C)(C)OC)c(C#N)c1. The van der Waals surface area contributed by atoms with Gasteiger partial charge in [0.2, 0.25) is 0 Å². The molecule has 0 bridgehead atoms. The smallest absolute Gasteiger partial charge is 0.256 e. The number of carbonyl (C=O) groups is 1. The lowest BCUT2D eigenvalue weighted by molar-refractivity contribution is -0.133. The van der Waals surface area contributed by atoms with Crippen LogP contribution >= 0.6 is 0 Å². The molecule has 0 fully saturated rings. The van der Waals surface area contributed by atoms with Gasteiger partial charge in [0.25, 0.3) is 5.91 Å². The molecule has 114 valence electrons. The first-order chi connectivity index (χ1) is 9.83. The Kier molecular flexibility index (Phi) is 5.74. The highest BCUT2D eigenvalue weighted by molar-refractivity contribution is 5.97. The number of ether oxygens (including phenoxy) is 2. The third kappa shape index (κ3) is 4.47. The monoisotopic (exact) mass is 290 g/mol. The number of anilines is 1. The molecule has 0 unspecified atom stereocenters. The Bertz CT molecular complexity index is 547. The number of amides is 1. The Hall–Kier alpha value is -2.06. The van der Waals surface area contributed by atoms with Gasteiger partial charge in [0.15, 0.2) is 0 Å².